The first-order chi connectivity index (χ1) is 14.7. The van der Waals surface area contributed by atoms with Gasteiger partial charge >= 0.3 is 0 Å². The van der Waals surface area contributed by atoms with E-state index in [9.17, 15) is 23.4 Å². The van der Waals surface area contributed by atoms with Crippen LogP contribution in [-0.4, -0.2) is 31.2 Å². The molecule has 2 N–H and O–H groups in total. The molecule has 6 atom stereocenters. The average Bonchev–Trinajstić information content (AvgIpc) is 2.96. The second-order valence-electron chi connectivity index (χ2n) is 8.34. The van der Waals surface area contributed by atoms with E-state index in [0.717, 1.165) is 11.1 Å². The second kappa shape index (κ2) is 7.90. The zero-order chi connectivity index (χ0) is 22.4. The van der Waals surface area contributed by atoms with E-state index in [1.807, 2.05) is 18.2 Å². The third kappa shape index (κ3) is 3.71. The van der Waals surface area contributed by atoms with E-state index in [2.05, 4.69) is 15.8 Å². The molecule has 0 radical (unpaired) electrons. The third-order valence-electron chi connectivity index (χ3n) is 6.45. The van der Waals surface area contributed by atoms with Gasteiger partial charge in [-0.3, -0.25) is 4.98 Å². The number of aliphatic hydroxyl groups is 1. The van der Waals surface area contributed by atoms with Gasteiger partial charge in [-0.05, 0) is 31.1 Å². The third-order valence-corrected chi connectivity index (χ3v) is 8.10. The van der Waals surface area contributed by atoms with Crippen LogP contribution in [-0.2, 0) is 11.0 Å². The van der Waals surface area contributed by atoms with Crippen LogP contribution < -0.4 is 4.72 Å². The van der Waals surface area contributed by atoms with Crippen LogP contribution in [0, 0.1) is 29.1 Å². The van der Waals surface area contributed by atoms with Gasteiger partial charge in [-0.2, -0.15) is 5.26 Å². The first-order valence-electron chi connectivity index (χ1n) is 10.1. The van der Waals surface area contributed by atoms with Crippen LogP contribution in [0.3, 0.4) is 0 Å². The maximum absolute atomic E-state index is 14.7. The van der Waals surface area contributed by atoms with Gasteiger partial charge in [0, 0.05) is 35.2 Å². The molecule has 1 saturated carbocycles. The maximum Gasteiger partial charge on any atom is 0.254 e. The summed E-state index contributed by atoms with van der Waals surface area (Å²) in [5, 5.41) is 20.1. The van der Waals surface area contributed by atoms with E-state index in [4.69, 9.17) is 0 Å². The lowest BCUT2D eigenvalue weighted by molar-refractivity contribution is -0.164. The Balaban J connectivity index is 1.62. The SMILES string of the molecule is CC1NS(=O)C2(O)CC(F)(F)C(C)[C@H](/C=C/c3ccc(-c4ccccc4C#N)cn3)C12. The topological polar surface area (TPSA) is 86.0 Å². The monoisotopic (exact) mass is 443 g/mol. The van der Waals surface area contributed by atoms with Crippen LogP contribution in [0.15, 0.2) is 48.7 Å². The molecule has 2 fully saturated rings. The molecule has 1 aromatic heterocycles. The van der Waals surface area contributed by atoms with E-state index < -0.39 is 46.0 Å². The van der Waals surface area contributed by atoms with Gasteiger partial charge in [-0.1, -0.05) is 37.3 Å². The fourth-order valence-corrected chi connectivity index (χ4v) is 6.38. The number of rotatable bonds is 3. The summed E-state index contributed by atoms with van der Waals surface area (Å²) in [5.41, 5.74) is 2.67. The Bertz CT molecular complexity index is 1080. The van der Waals surface area contributed by atoms with Gasteiger partial charge in [-0.25, -0.2) is 17.7 Å². The number of aromatic nitrogens is 1. The molecule has 0 bridgehead atoms. The second-order valence-corrected chi connectivity index (χ2v) is 9.82. The summed E-state index contributed by atoms with van der Waals surface area (Å²) in [5.74, 6) is -5.43. The molecular weight excluding hydrogens is 420 g/mol. The Morgan fingerprint density at radius 3 is 2.71 bits per heavy atom. The van der Waals surface area contributed by atoms with Crippen LogP contribution in [0.1, 0.15) is 31.5 Å². The van der Waals surface area contributed by atoms with Crippen molar-refractivity contribution in [3.05, 3.63) is 59.9 Å². The zero-order valence-corrected chi connectivity index (χ0v) is 17.9. The molecule has 0 amide bonds. The lowest BCUT2D eigenvalue weighted by Crippen LogP contribution is -2.56. The summed E-state index contributed by atoms with van der Waals surface area (Å²) in [6.45, 7) is 3.23. The number of nitrogens with zero attached hydrogens (tertiary/aromatic N) is 2. The predicted molar refractivity (Wildman–Crippen MR) is 115 cm³/mol. The standard InChI is InChI=1S/C23H23F2N3O2S/c1-14-19(21-15(2)28-31(30)23(21,29)13-22(14,24)25)10-9-18-8-7-17(12-27-18)20-6-4-3-5-16(20)11-26/h3-10,12,14-15,19,21,28-29H,13H2,1-2H3/b10-9+/t14?,15?,19-,21?,23?,31?/m0/s1. The molecule has 8 heteroatoms. The van der Waals surface area contributed by atoms with Crippen molar-refractivity contribution >= 4 is 17.1 Å². The highest BCUT2D eigenvalue weighted by molar-refractivity contribution is 7.84. The smallest absolute Gasteiger partial charge is 0.254 e. The molecule has 1 aliphatic carbocycles. The minimum atomic E-state index is -3.14. The molecule has 0 spiro atoms. The normalized spacial score (nSPS) is 34.4. The number of hydrogen-bond donors (Lipinski definition) is 2. The number of alkyl halides is 2. The van der Waals surface area contributed by atoms with Crippen molar-refractivity contribution in [2.24, 2.45) is 17.8 Å². The van der Waals surface area contributed by atoms with Crippen LogP contribution in [0.4, 0.5) is 8.78 Å². The van der Waals surface area contributed by atoms with E-state index in [1.54, 1.807) is 43.5 Å². The van der Waals surface area contributed by atoms with Crippen molar-refractivity contribution in [1.82, 2.24) is 9.71 Å². The average molecular weight is 444 g/mol. The summed E-state index contributed by atoms with van der Waals surface area (Å²) >= 11 is 0. The molecule has 1 aliphatic heterocycles. The first kappa shape index (κ1) is 21.8. The lowest BCUT2D eigenvalue weighted by atomic mass is 9.66. The molecule has 31 heavy (non-hydrogen) atoms. The number of nitriles is 1. The summed E-state index contributed by atoms with van der Waals surface area (Å²) in [6, 6.07) is 12.6. The maximum atomic E-state index is 14.7. The molecule has 2 heterocycles. The van der Waals surface area contributed by atoms with Crippen LogP contribution in [0.2, 0.25) is 0 Å². The first-order valence-corrected chi connectivity index (χ1v) is 11.2. The van der Waals surface area contributed by atoms with Gasteiger partial charge in [0.25, 0.3) is 5.92 Å². The highest BCUT2D eigenvalue weighted by atomic mass is 32.2. The predicted octanol–water partition coefficient (Wildman–Crippen LogP) is 3.88. The number of benzene rings is 1. The van der Waals surface area contributed by atoms with Crippen molar-refractivity contribution in [1.29, 1.82) is 5.26 Å². The summed E-state index contributed by atoms with van der Waals surface area (Å²) in [4.78, 5) is 2.42. The van der Waals surface area contributed by atoms with Gasteiger partial charge in [0.05, 0.1) is 23.7 Å². The molecule has 5 unspecified atom stereocenters. The molecule has 162 valence electrons. The Labute approximate surface area is 182 Å². The molecular formula is C23H23F2N3O2S. The molecule has 4 rings (SSSR count). The lowest BCUT2D eigenvalue weighted by Gasteiger charge is -2.46. The fourth-order valence-electron chi connectivity index (χ4n) is 4.76. The van der Waals surface area contributed by atoms with Gasteiger partial charge in [0.15, 0.2) is 4.93 Å². The minimum absolute atomic E-state index is 0.364. The number of halogens is 2. The summed E-state index contributed by atoms with van der Waals surface area (Å²) in [6.07, 6.45) is 4.14. The van der Waals surface area contributed by atoms with Gasteiger partial charge in [0.1, 0.15) is 11.0 Å². The Morgan fingerprint density at radius 1 is 1.29 bits per heavy atom. The molecule has 5 nitrogen and oxygen atoms in total. The highest BCUT2D eigenvalue weighted by Crippen LogP contribution is 2.54. The fraction of sp³-hybridized carbons (Fsp3) is 0.391. The highest BCUT2D eigenvalue weighted by Gasteiger charge is 2.65. The molecule has 1 saturated heterocycles. The van der Waals surface area contributed by atoms with Crippen LogP contribution in [0.5, 0.6) is 0 Å². The largest absolute Gasteiger partial charge is 0.375 e. The molecule has 1 aromatic carbocycles. The van der Waals surface area contributed by atoms with E-state index in [-0.39, 0.29) is 6.04 Å². The van der Waals surface area contributed by atoms with Crippen molar-refractivity contribution in [3.63, 3.8) is 0 Å². The Morgan fingerprint density at radius 2 is 2.03 bits per heavy atom. The molecule has 2 aliphatic rings. The van der Waals surface area contributed by atoms with Crippen molar-refractivity contribution in [2.45, 2.75) is 37.2 Å². The van der Waals surface area contributed by atoms with Gasteiger partial charge < -0.3 is 5.11 Å². The van der Waals surface area contributed by atoms with E-state index in [0.29, 0.717) is 11.3 Å². The summed E-state index contributed by atoms with van der Waals surface area (Å²) < 4.78 is 44.4. The Hall–Kier alpha value is -2.47. The summed E-state index contributed by atoms with van der Waals surface area (Å²) in [7, 11) is -1.94. The zero-order valence-electron chi connectivity index (χ0n) is 17.1. The number of hydrogen-bond acceptors (Lipinski definition) is 4. The minimum Gasteiger partial charge on any atom is -0.375 e. The van der Waals surface area contributed by atoms with E-state index >= 15 is 0 Å². The van der Waals surface area contributed by atoms with Crippen LogP contribution >= 0.6 is 0 Å². The number of fused-ring (bicyclic) bond motifs is 1. The van der Waals surface area contributed by atoms with Gasteiger partial charge in [-0.15, -0.1) is 0 Å². The number of pyridine rings is 1. The number of allylic oxidation sites excluding steroid dienone is 1. The molecule has 2 aromatic rings. The van der Waals surface area contributed by atoms with Crippen molar-refractivity contribution < 1.29 is 18.1 Å². The van der Waals surface area contributed by atoms with Crippen molar-refractivity contribution in [2.75, 3.05) is 0 Å². The van der Waals surface area contributed by atoms with Gasteiger partial charge in [0.2, 0.25) is 0 Å². The quantitative estimate of drug-likeness (QED) is 0.754. The van der Waals surface area contributed by atoms with Crippen LogP contribution in [0.25, 0.3) is 17.2 Å². The Kier molecular flexibility index (Phi) is 5.54. The van der Waals surface area contributed by atoms with Crippen molar-refractivity contribution in [3.8, 4) is 17.2 Å². The van der Waals surface area contributed by atoms with E-state index in [1.165, 1.54) is 6.92 Å². The number of nitrogens with one attached hydrogen (secondary N) is 1.